The number of nitrogens with one attached hydrogen (secondary N) is 3. The van der Waals surface area contributed by atoms with Crippen LogP contribution in [0.5, 0.6) is 5.75 Å². The summed E-state index contributed by atoms with van der Waals surface area (Å²) in [6.45, 7) is 3.81. The third kappa shape index (κ3) is 11.5. The van der Waals surface area contributed by atoms with E-state index in [0.717, 1.165) is 11.1 Å². The zero-order valence-corrected chi connectivity index (χ0v) is 25.2. The third-order valence-corrected chi connectivity index (χ3v) is 6.95. The second-order valence-corrected chi connectivity index (χ2v) is 10.7. The minimum absolute atomic E-state index is 0.0975. The molecule has 14 N–H and O–H groups in total. The maximum absolute atomic E-state index is 13.6. The fourth-order valence-corrected chi connectivity index (χ4v) is 4.62. The summed E-state index contributed by atoms with van der Waals surface area (Å²) < 4.78 is 0. The minimum Gasteiger partial charge on any atom is -0.507 e. The molecule has 0 spiro atoms. The van der Waals surface area contributed by atoms with Gasteiger partial charge in [0.2, 0.25) is 23.6 Å². The standard InChI is InChI=1S/C30H45N9O5/c1-17-13-20(14-18(2)25(17)40)15-21(32)27(42)38-23(9-6-12-36-30(34)35)28(43)39-24(16-19-7-4-3-5-8-19)29(44)37-22(10-11-31)26(33)41/h3-5,7-8,13-14,21-24,40H,6,9-12,15-16,31-32H2,1-2H3,(H2,33,41)(H,37,44)(H,38,42)(H,39,43)(H4,34,35,36)/t21-,22?,23+,24-/m0/s1. The van der Waals surface area contributed by atoms with E-state index >= 15 is 0 Å². The quantitative estimate of drug-likeness (QED) is 0.0569. The Morgan fingerprint density at radius 1 is 0.795 bits per heavy atom. The fraction of sp³-hybridized carbons (Fsp3) is 0.433. The van der Waals surface area contributed by atoms with Crippen molar-refractivity contribution in [3.8, 4) is 5.75 Å². The Morgan fingerprint density at radius 2 is 1.36 bits per heavy atom. The van der Waals surface area contributed by atoms with Crippen molar-refractivity contribution in [2.45, 2.75) is 70.1 Å². The first-order chi connectivity index (χ1) is 20.8. The molecule has 4 amide bonds. The molecule has 14 heteroatoms. The Balaban J connectivity index is 2.26. The number of nitrogens with zero attached hydrogens (tertiary/aromatic N) is 1. The highest BCUT2D eigenvalue weighted by atomic mass is 16.3. The average molecular weight is 612 g/mol. The molecule has 0 aromatic heterocycles. The summed E-state index contributed by atoms with van der Waals surface area (Å²) in [5, 5.41) is 18.0. The lowest BCUT2D eigenvalue weighted by atomic mass is 9.99. The Labute approximate surface area is 257 Å². The molecular formula is C30H45N9O5. The van der Waals surface area contributed by atoms with Crippen molar-refractivity contribution in [3.63, 3.8) is 0 Å². The number of phenols is 1. The SMILES string of the molecule is Cc1cc(C[C@H](N)C(=O)N[C@H](CCCN=C(N)N)C(=O)N[C@@H](Cc2ccccc2)C(=O)NC(CCN)C(N)=O)cc(C)c1O. The molecule has 0 aliphatic rings. The lowest BCUT2D eigenvalue weighted by molar-refractivity contribution is -0.133. The van der Waals surface area contributed by atoms with Gasteiger partial charge in [0.05, 0.1) is 6.04 Å². The average Bonchev–Trinajstić information content (AvgIpc) is 2.96. The van der Waals surface area contributed by atoms with Gasteiger partial charge in [-0.05, 0) is 68.3 Å². The molecule has 0 saturated heterocycles. The van der Waals surface area contributed by atoms with Gasteiger partial charge < -0.3 is 49.7 Å². The molecule has 0 radical (unpaired) electrons. The first-order valence-electron chi connectivity index (χ1n) is 14.4. The number of guanidine groups is 1. The fourth-order valence-electron chi connectivity index (χ4n) is 4.62. The number of phenolic OH excluding ortho intramolecular Hbond substituents is 1. The first kappa shape index (κ1) is 35.5. The van der Waals surface area contributed by atoms with Gasteiger partial charge in [0.15, 0.2) is 5.96 Å². The van der Waals surface area contributed by atoms with Gasteiger partial charge in [0.25, 0.3) is 0 Å². The van der Waals surface area contributed by atoms with Gasteiger partial charge >= 0.3 is 0 Å². The summed E-state index contributed by atoms with van der Waals surface area (Å²) in [6, 6.07) is 8.22. The topological polar surface area (TPSA) is 267 Å². The van der Waals surface area contributed by atoms with Crippen LogP contribution in [0.2, 0.25) is 0 Å². The van der Waals surface area contributed by atoms with E-state index in [1.807, 2.05) is 6.07 Å². The van der Waals surface area contributed by atoms with Crippen molar-refractivity contribution in [3.05, 3.63) is 64.7 Å². The number of hydrogen-bond acceptors (Lipinski definition) is 8. The number of aryl methyl sites for hydroxylation is 2. The van der Waals surface area contributed by atoms with Crippen molar-refractivity contribution < 1.29 is 24.3 Å². The Morgan fingerprint density at radius 3 is 1.93 bits per heavy atom. The van der Waals surface area contributed by atoms with E-state index in [1.165, 1.54) is 0 Å². The van der Waals surface area contributed by atoms with E-state index in [-0.39, 0.29) is 50.5 Å². The lowest BCUT2D eigenvalue weighted by Crippen LogP contribution is -2.58. The number of rotatable bonds is 17. The molecule has 2 rings (SSSR count). The molecule has 1 unspecified atom stereocenters. The molecule has 0 aliphatic carbocycles. The Hall–Kier alpha value is -4.69. The number of hydrogen-bond donors (Lipinski definition) is 9. The molecule has 4 atom stereocenters. The zero-order valence-electron chi connectivity index (χ0n) is 25.2. The van der Waals surface area contributed by atoms with Gasteiger partial charge in [0.1, 0.15) is 23.9 Å². The van der Waals surface area contributed by atoms with Gasteiger partial charge in [0, 0.05) is 13.0 Å². The number of aromatic hydroxyl groups is 1. The van der Waals surface area contributed by atoms with E-state index < -0.39 is 47.8 Å². The van der Waals surface area contributed by atoms with Gasteiger partial charge in [-0.25, -0.2) is 0 Å². The Bertz CT molecular complexity index is 1290. The summed E-state index contributed by atoms with van der Waals surface area (Å²) in [7, 11) is 0. The largest absolute Gasteiger partial charge is 0.507 e. The predicted molar refractivity (Wildman–Crippen MR) is 168 cm³/mol. The highest BCUT2D eigenvalue weighted by Crippen LogP contribution is 2.23. The number of carbonyl (C=O) groups is 4. The molecule has 44 heavy (non-hydrogen) atoms. The summed E-state index contributed by atoms with van der Waals surface area (Å²) in [4.78, 5) is 55.9. The molecule has 0 bridgehead atoms. The molecule has 14 nitrogen and oxygen atoms in total. The number of aliphatic imine (C=N–C) groups is 1. The van der Waals surface area contributed by atoms with Crippen LogP contribution < -0.4 is 44.6 Å². The van der Waals surface area contributed by atoms with E-state index in [9.17, 15) is 24.3 Å². The number of benzene rings is 2. The zero-order chi connectivity index (χ0) is 32.8. The van der Waals surface area contributed by atoms with E-state index in [2.05, 4.69) is 20.9 Å². The van der Waals surface area contributed by atoms with Crippen molar-refractivity contribution in [1.82, 2.24) is 16.0 Å². The maximum atomic E-state index is 13.6. The van der Waals surface area contributed by atoms with E-state index in [4.69, 9.17) is 28.7 Å². The van der Waals surface area contributed by atoms with Gasteiger partial charge in [-0.15, -0.1) is 0 Å². The molecule has 2 aromatic rings. The summed E-state index contributed by atoms with van der Waals surface area (Å²) >= 11 is 0. The number of carbonyl (C=O) groups excluding carboxylic acids is 4. The van der Waals surface area contributed by atoms with E-state index in [0.29, 0.717) is 17.5 Å². The summed E-state index contributed by atoms with van der Waals surface area (Å²) in [6.07, 6.45) is 0.840. The van der Waals surface area contributed by atoms with Crippen LogP contribution in [0.4, 0.5) is 0 Å². The molecular weight excluding hydrogens is 566 g/mol. The minimum atomic E-state index is -1.11. The second-order valence-electron chi connectivity index (χ2n) is 10.7. The maximum Gasteiger partial charge on any atom is 0.243 e. The lowest BCUT2D eigenvalue weighted by Gasteiger charge is -2.25. The Kier molecular flexibility index (Phi) is 14.1. The number of primary amides is 1. The summed E-state index contributed by atoms with van der Waals surface area (Å²) in [5.74, 6) is -2.57. The second kappa shape index (κ2) is 17.4. The van der Waals surface area contributed by atoms with Crippen LogP contribution in [0.1, 0.15) is 41.5 Å². The number of amides is 4. The first-order valence-corrected chi connectivity index (χ1v) is 14.4. The van der Waals surface area contributed by atoms with Gasteiger partial charge in [-0.3, -0.25) is 24.2 Å². The summed E-state index contributed by atoms with van der Waals surface area (Å²) in [5.41, 5.74) is 30.8. The molecule has 0 saturated carbocycles. The smallest absolute Gasteiger partial charge is 0.243 e. The van der Waals surface area contributed by atoms with Crippen LogP contribution in [-0.2, 0) is 32.0 Å². The number of nitrogens with two attached hydrogens (primary N) is 5. The molecule has 0 aliphatic heterocycles. The van der Waals surface area contributed by atoms with E-state index in [1.54, 1.807) is 50.2 Å². The van der Waals surface area contributed by atoms with Crippen LogP contribution >= 0.6 is 0 Å². The normalized spacial score (nSPS) is 13.5. The van der Waals surface area contributed by atoms with Gasteiger partial charge in [-0.1, -0.05) is 42.5 Å². The van der Waals surface area contributed by atoms with Crippen molar-refractivity contribution in [1.29, 1.82) is 0 Å². The van der Waals surface area contributed by atoms with Crippen LogP contribution in [0.3, 0.4) is 0 Å². The molecule has 0 fully saturated rings. The molecule has 2 aromatic carbocycles. The van der Waals surface area contributed by atoms with Gasteiger partial charge in [-0.2, -0.15) is 0 Å². The molecule has 240 valence electrons. The molecule has 0 heterocycles. The van der Waals surface area contributed by atoms with Crippen LogP contribution in [0, 0.1) is 13.8 Å². The highest BCUT2D eigenvalue weighted by molar-refractivity contribution is 5.94. The highest BCUT2D eigenvalue weighted by Gasteiger charge is 2.30. The predicted octanol–water partition coefficient (Wildman–Crippen LogP) is -1.54. The monoisotopic (exact) mass is 611 g/mol. The van der Waals surface area contributed by atoms with Crippen molar-refractivity contribution in [2.24, 2.45) is 33.7 Å². The van der Waals surface area contributed by atoms with Crippen LogP contribution in [0.25, 0.3) is 0 Å². The van der Waals surface area contributed by atoms with Crippen molar-refractivity contribution in [2.75, 3.05) is 13.1 Å². The van der Waals surface area contributed by atoms with Crippen LogP contribution in [0.15, 0.2) is 47.5 Å². The van der Waals surface area contributed by atoms with Crippen molar-refractivity contribution >= 4 is 29.6 Å². The van der Waals surface area contributed by atoms with Crippen LogP contribution in [-0.4, -0.2) is 72.0 Å². The third-order valence-electron chi connectivity index (χ3n) is 6.95.